The number of hydrogen-bond donors (Lipinski definition) is 1. The topological polar surface area (TPSA) is 44.8 Å². The summed E-state index contributed by atoms with van der Waals surface area (Å²) >= 11 is 0. The van der Waals surface area contributed by atoms with Crippen LogP contribution in [0.4, 0.5) is 9.18 Å². The third kappa shape index (κ3) is 6.66. The lowest BCUT2D eigenvalue weighted by molar-refractivity contribution is -0.0560. The molecule has 0 spiro atoms. The highest BCUT2D eigenvalue weighted by Crippen LogP contribution is 2.28. The summed E-state index contributed by atoms with van der Waals surface area (Å²) in [5.41, 5.74) is 1.14. The number of nitrogens with zero attached hydrogens (tertiary/aromatic N) is 2. The molecule has 1 aromatic rings. The van der Waals surface area contributed by atoms with Crippen molar-refractivity contribution in [2.75, 3.05) is 26.2 Å². The molecular formula is C25H38FN3O2. The molecule has 2 aliphatic heterocycles. The largest absolute Gasteiger partial charge is 0.375 e. The van der Waals surface area contributed by atoms with Gasteiger partial charge in [-0.2, -0.15) is 0 Å². The van der Waals surface area contributed by atoms with E-state index in [0.717, 1.165) is 69.9 Å². The minimum absolute atomic E-state index is 0.0851. The Balaban J connectivity index is 1.13. The average Bonchev–Trinajstić information content (AvgIpc) is 2.79. The first-order chi connectivity index (χ1) is 15.0. The van der Waals surface area contributed by atoms with Gasteiger partial charge >= 0.3 is 6.03 Å². The number of piperidine rings is 2. The van der Waals surface area contributed by atoms with E-state index in [1.165, 1.54) is 37.8 Å². The predicted molar refractivity (Wildman–Crippen MR) is 120 cm³/mol. The summed E-state index contributed by atoms with van der Waals surface area (Å²) < 4.78 is 19.4. The number of amides is 2. The number of hydrogen-bond acceptors (Lipinski definition) is 3. The van der Waals surface area contributed by atoms with Crippen molar-refractivity contribution in [1.82, 2.24) is 15.1 Å². The maximum Gasteiger partial charge on any atom is 0.317 e. The van der Waals surface area contributed by atoms with E-state index in [1.807, 2.05) is 17.0 Å². The molecule has 1 N–H and O–H groups in total. The molecule has 1 aromatic carbocycles. The lowest BCUT2D eigenvalue weighted by atomic mass is 9.88. The quantitative estimate of drug-likeness (QED) is 0.743. The monoisotopic (exact) mass is 431 g/mol. The van der Waals surface area contributed by atoms with Crippen LogP contribution in [-0.2, 0) is 11.3 Å². The van der Waals surface area contributed by atoms with Gasteiger partial charge in [-0.05, 0) is 75.0 Å². The van der Waals surface area contributed by atoms with E-state index in [9.17, 15) is 9.18 Å². The summed E-state index contributed by atoms with van der Waals surface area (Å²) in [6.45, 7) is 6.68. The Morgan fingerprint density at radius 1 is 0.935 bits per heavy atom. The summed E-state index contributed by atoms with van der Waals surface area (Å²) in [7, 11) is 0. The Kier molecular flexibility index (Phi) is 7.83. The van der Waals surface area contributed by atoms with Gasteiger partial charge in [-0.3, -0.25) is 4.90 Å². The first-order valence-electron chi connectivity index (χ1n) is 12.2. The van der Waals surface area contributed by atoms with Crippen LogP contribution in [0.3, 0.4) is 0 Å². The Morgan fingerprint density at radius 2 is 1.55 bits per heavy atom. The minimum Gasteiger partial charge on any atom is -0.375 e. The molecule has 3 aliphatic rings. The van der Waals surface area contributed by atoms with Crippen LogP contribution in [0, 0.1) is 11.7 Å². The molecule has 0 aromatic heterocycles. The van der Waals surface area contributed by atoms with Crippen LogP contribution in [0.2, 0.25) is 0 Å². The van der Waals surface area contributed by atoms with E-state index in [-0.39, 0.29) is 17.9 Å². The van der Waals surface area contributed by atoms with Crippen LogP contribution in [0.1, 0.15) is 63.9 Å². The molecular weight excluding hydrogens is 393 g/mol. The van der Waals surface area contributed by atoms with E-state index in [1.54, 1.807) is 0 Å². The molecule has 0 radical (unpaired) electrons. The summed E-state index contributed by atoms with van der Waals surface area (Å²) in [5.74, 6) is 0.657. The molecule has 6 heteroatoms. The smallest absolute Gasteiger partial charge is 0.317 e. The molecule has 0 atom stereocenters. The molecule has 2 amide bonds. The molecule has 0 unspecified atom stereocenters. The van der Waals surface area contributed by atoms with Crippen LogP contribution < -0.4 is 5.32 Å². The second kappa shape index (κ2) is 10.8. The highest BCUT2D eigenvalue weighted by atomic mass is 19.1. The molecule has 1 aliphatic carbocycles. The number of carbonyl (C=O) groups is 1. The van der Waals surface area contributed by atoms with E-state index >= 15 is 0 Å². The van der Waals surface area contributed by atoms with Gasteiger partial charge in [0.2, 0.25) is 0 Å². The minimum atomic E-state index is -0.190. The summed E-state index contributed by atoms with van der Waals surface area (Å²) in [6, 6.07) is 7.08. The summed E-state index contributed by atoms with van der Waals surface area (Å²) in [6.07, 6.45) is 9.55. The first kappa shape index (κ1) is 22.5. The molecule has 5 nitrogen and oxygen atoms in total. The van der Waals surface area contributed by atoms with Crippen molar-refractivity contribution in [2.45, 2.75) is 83.1 Å². The fourth-order valence-electron chi connectivity index (χ4n) is 5.18. The van der Waals surface area contributed by atoms with Crippen molar-refractivity contribution in [2.24, 2.45) is 5.92 Å². The van der Waals surface area contributed by atoms with Gasteiger partial charge in [0, 0.05) is 38.8 Å². The Bertz CT molecular complexity index is 689. The molecule has 2 saturated heterocycles. The number of nitrogens with one attached hydrogen (secondary N) is 1. The maximum absolute atomic E-state index is 13.1. The van der Waals surface area contributed by atoms with E-state index in [2.05, 4.69) is 17.1 Å². The highest BCUT2D eigenvalue weighted by Gasteiger charge is 2.29. The fraction of sp³-hybridized carbons (Fsp3) is 0.720. The molecule has 3 fully saturated rings. The molecule has 172 valence electrons. The van der Waals surface area contributed by atoms with Crippen LogP contribution in [-0.4, -0.2) is 60.3 Å². The van der Waals surface area contributed by atoms with Crippen molar-refractivity contribution in [3.05, 3.63) is 35.6 Å². The first-order valence-corrected chi connectivity index (χ1v) is 12.2. The second-order valence-electron chi connectivity index (χ2n) is 9.83. The number of rotatable bonds is 5. The fourth-order valence-corrected chi connectivity index (χ4v) is 5.18. The van der Waals surface area contributed by atoms with Crippen LogP contribution in [0.5, 0.6) is 0 Å². The van der Waals surface area contributed by atoms with Gasteiger partial charge in [0.05, 0.1) is 12.2 Å². The molecule has 31 heavy (non-hydrogen) atoms. The number of carbonyl (C=O) groups excluding carboxylic acids is 1. The van der Waals surface area contributed by atoms with Crippen molar-refractivity contribution in [3.63, 3.8) is 0 Å². The molecule has 4 rings (SSSR count). The Labute approximate surface area is 186 Å². The van der Waals surface area contributed by atoms with Crippen molar-refractivity contribution in [1.29, 1.82) is 0 Å². The van der Waals surface area contributed by atoms with Crippen LogP contribution in [0.15, 0.2) is 24.3 Å². The maximum atomic E-state index is 13.1. The van der Waals surface area contributed by atoms with E-state index < -0.39 is 0 Å². The lowest BCUT2D eigenvalue weighted by Gasteiger charge is -2.37. The van der Waals surface area contributed by atoms with Gasteiger partial charge in [0.1, 0.15) is 5.82 Å². The van der Waals surface area contributed by atoms with Gasteiger partial charge in [0.25, 0.3) is 0 Å². The van der Waals surface area contributed by atoms with E-state index in [0.29, 0.717) is 12.2 Å². The Morgan fingerprint density at radius 3 is 2.19 bits per heavy atom. The number of likely N-dealkylation sites (tertiary alicyclic amines) is 2. The van der Waals surface area contributed by atoms with Crippen molar-refractivity contribution in [3.8, 4) is 0 Å². The van der Waals surface area contributed by atoms with Gasteiger partial charge in [-0.1, -0.05) is 19.1 Å². The zero-order valence-corrected chi connectivity index (χ0v) is 18.9. The van der Waals surface area contributed by atoms with Gasteiger partial charge in [0.15, 0.2) is 0 Å². The third-order valence-corrected chi connectivity index (χ3v) is 7.31. The number of benzene rings is 1. The summed E-state index contributed by atoms with van der Waals surface area (Å²) in [4.78, 5) is 17.1. The zero-order valence-electron chi connectivity index (χ0n) is 18.9. The predicted octanol–water partition coefficient (Wildman–Crippen LogP) is 4.56. The van der Waals surface area contributed by atoms with Gasteiger partial charge in [-0.15, -0.1) is 0 Å². The van der Waals surface area contributed by atoms with Crippen LogP contribution >= 0.6 is 0 Å². The number of ether oxygens (including phenoxy) is 1. The summed E-state index contributed by atoms with van der Waals surface area (Å²) in [5, 5.41) is 3.25. The average molecular weight is 432 g/mol. The second-order valence-corrected chi connectivity index (χ2v) is 9.83. The normalized spacial score (nSPS) is 26.7. The zero-order chi connectivity index (χ0) is 21.6. The van der Waals surface area contributed by atoms with Crippen molar-refractivity contribution >= 4 is 6.03 Å². The van der Waals surface area contributed by atoms with Gasteiger partial charge in [-0.25, -0.2) is 9.18 Å². The highest BCUT2D eigenvalue weighted by molar-refractivity contribution is 5.74. The number of urea groups is 1. The van der Waals surface area contributed by atoms with Gasteiger partial charge < -0.3 is 15.0 Å². The number of halogens is 1. The molecule has 0 bridgehead atoms. The Hall–Kier alpha value is -1.66. The lowest BCUT2D eigenvalue weighted by Crippen LogP contribution is -2.51. The van der Waals surface area contributed by atoms with Crippen molar-refractivity contribution < 1.29 is 13.9 Å². The SMILES string of the molecule is CC1CCC(OC2CCN(C(=O)NC3CCN(Cc4ccc(F)cc4)CC3)CC2)CC1. The third-order valence-electron chi connectivity index (χ3n) is 7.31. The molecule has 2 heterocycles. The van der Waals surface area contributed by atoms with E-state index in [4.69, 9.17) is 4.74 Å². The van der Waals surface area contributed by atoms with Crippen LogP contribution in [0.25, 0.3) is 0 Å². The molecule has 1 saturated carbocycles. The standard InChI is InChI=1S/C25H38FN3O2/c1-19-2-8-23(9-3-19)31-24-12-16-29(17-13-24)25(30)27-22-10-14-28(15-11-22)18-20-4-6-21(26)7-5-20/h4-7,19,22-24H,2-3,8-18H2,1H3,(H,27,30).